The molecule has 1 N–H and O–H groups in total. The smallest absolute Gasteiger partial charge is 0.318 e. The minimum atomic E-state index is -0.833. The first-order chi connectivity index (χ1) is 15.5. The summed E-state index contributed by atoms with van der Waals surface area (Å²) in [7, 11) is 0. The third kappa shape index (κ3) is 3.63. The highest BCUT2D eigenvalue weighted by molar-refractivity contribution is 6.30. The molecule has 0 spiro atoms. The summed E-state index contributed by atoms with van der Waals surface area (Å²) in [6, 6.07) is 21.1. The highest BCUT2D eigenvalue weighted by Gasteiger charge is 2.33. The van der Waals surface area contributed by atoms with E-state index >= 15 is 0 Å². The van der Waals surface area contributed by atoms with Crippen molar-refractivity contribution in [3.05, 3.63) is 119 Å². The number of rotatable bonds is 2. The molecule has 1 aliphatic rings. The lowest BCUT2D eigenvalue weighted by Crippen LogP contribution is -2.38. The fourth-order valence-corrected chi connectivity index (χ4v) is 4.24. The number of fused-ring (bicyclic) bond motifs is 3. The zero-order chi connectivity index (χ0) is 22.2. The predicted molar refractivity (Wildman–Crippen MR) is 120 cm³/mol. The molecule has 2 amide bonds. The van der Waals surface area contributed by atoms with E-state index < -0.39 is 23.7 Å². The van der Waals surface area contributed by atoms with Crippen LogP contribution in [-0.4, -0.2) is 15.5 Å². The van der Waals surface area contributed by atoms with Gasteiger partial charge in [-0.3, -0.25) is 0 Å². The maximum atomic E-state index is 14.3. The van der Waals surface area contributed by atoms with Crippen LogP contribution in [0.2, 0.25) is 5.02 Å². The summed E-state index contributed by atoms with van der Waals surface area (Å²) in [5.41, 5.74) is 3.56. The molecule has 1 aromatic heterocycles. The van der Waals surface area contributed by atoms with Gasteiger partial charge in [0.05, 0.1) is 24.0 Å². The quantitative estimate of drug-likeness (QED) is 0.370. The zero-order valence-corrected chi connectivity index (χ0v) is 17.6. The highest BCUT2D eigenvalue weighted by atomic mass is 35.5. The molecule has 1 aliphatic heterocycles. The van der Waals surface area contributed by atoms with Crippen LogP contribution in [-0.2, 0) is 6.54 Å². The Morgan fingerprint density at radius 1 is 0.969 bits per heavy atom. The van der Waals surface area contributed by atoms with Crippen molar-refractivity contribution in [3.8, 4) is 5.69 Å². The minimum absolute atomic E-state index is 0.0841. The molecule has 0 aliphatic carbocycles. The van der Waals surface area contributed by atoms with Crippen LogP contribution in [0.25, 0.3) is 5.69 Å². The minimum Gasteiger partial charge on any atom is -0.318 e. The van der Waals surface area contributed by atoms with Crippen molar-refractivity contribution in [1.82, 2.24) is 9.47 Å². The third-order valence-electron chi connectivity index (χ3n) is 5.58. The van der Waals surface area contributed by atoms with Crippen molar-refractivity contribution in [2.75, 3.05) is 5.32 Å². The molecule has 0 saturated carbocycles. The fourth-order valence-electron chi connectivity index (χ4n) is 4.11. The van der Waals surface area contributed by atoms with Gasteiger partial charge in [-0.05, 0) is 53.6 Å². The molecule has 4 aromatic rings. The second-order valence-electron chi connectivity index (χ2n) is 7.57. The Balaban J connectivity index is 1.62. The van der Waals surface area contributed by atoms with Crippen LogP contribution < -0.4 is 5.32 Å². The summed E-state index contributed by atoms with van der Waals surface area (Å²) < 4.78 is 29.6. The van der Waals surface area contributed by atoms with Gasteiger partial charge in [0.25, 0.3) is 0 Å². The van der Waals surface area contributed by atoms with Gasteiger partial charge < -0.3 is 14.8 Å². The SMILES string of the molecule is O=C(Nc1ccc(F)cc1F)N1Cc2ccccc2-n2cccc2C1c1ccc(Cl)cc1. The van der Waals surface area contributed by atoms with Crippen molar-refractivity contribution in [1.29, 1.82) is 0 Å². The Hall–Kier alpha value is -3.64. The molecule has 7 heteroatoms. The maximum Gasteiger partial charge on any atom is 0.323 e. The maximum absolute atomic E-state index is 14.3. The van der Waals surface area contributed by atoms with Gasteiger partial charge in [0.1, 0.15) is 11.6 Å². The lowest BCUT2D eigenvalue weighted by Gasteiger charge is -2.31. The number of hydrogen-bond acceptors (Lipinski definition) is 1. The Labute approximate surface area is 188 Å². The van der Waals surface area contributed by atoms with Gasteiger partial charge in [-0.2, -0.15) is 0 Å². The molecule has 1 atom stereocenters. The van der Waals surface area contributed by atoms with Crippen molar-refractivity contribution < 1.29 is 13.6 Å². The number of nitrogens with one attached hydrogen (secondary N) is 1. The van der Waals surface area contributed by atoms with Gasteiger partial charge in [0.2, 0.25) is 0 Å². The van der Waals surface area contributed by atoms with E-state index in [0.717, 1.165) is 34.6 Å². The number of urea groups is 1. The van der Waals surface area contributed by atoms with E-state index in [1.807, 2.05) is 54.7 Å². The number of benzene rings is 3. The Kier molecular flexibility index (Phi) is 5.15. The zero-order valence-electron chi connectivity index (χ0n) is 16.8. The first kappa shape index (κ1) is 20.3. The number of hydrogen-bond donors (Lipinski definition) is 1. The molecular weight excluding hydrogens is 432 g/mol. The topological polar surface area (TPSA) is 37.3 Å². The number of nitrogens with zero attached hydrogens (tertiary/aromatic N) is 2. The average Bonchev–Trinajstić information content (AvgIpc) is 3.21. The second-order valence-corrected chi connectivity index (χ2v) is 8.00. The van der Waals surface area contributed by atoms with E-state index in [1.165, 1.54) is 6.07 Å². The first-order valence-corrected chi connectivity index (χ1v) is 10.4. The van der Waals surface area contributed by atoms with Crippen molar-refractivity contribution >= 4 is 23.3 Å². The average molecular weight is 450 g/mol. The Morgan fingerprint density at radius 3 is 2.53 bits per heavy atom. The van der Waals surface area contributed by atoms with Crippen LogP contribution >= 0.6 is 11.6 Å². The van der Waals surface area contributed by atoms with Crippen LogP contribution in [0.15, 0.2) is 85.1 Å². The molecule has 1 unspecified atom stereocenters. The van der Waals surface area contributed by atoms with Gasteiger partial charge in [0, 0.05) is 23.0 Å². The number of amides is 2. The largest absolute Gasteiger partial charge is 0.323 e. The van der Waals surface area contributed by atoms with Crippen molar-refractivity contribution in [2.45, 2.75) is 12.6 Å². The van der Waals surface area contributed by atoms with Gasteiger partial charge in [-0.1, -0.05) is 41.9 Å². The Bertz CT molecular complexity index is 1300. The standard InChI is InChI=1S/C25H18ClF2N3O/c26-18-9-7-16(8-10-18)24-23-6-3-13-30(23)22-5-2-1-4-17(22)15-31(24)25(32)29-21-12-11-19(27)14-20(21)28/h1-14,24H,15H2,(H,29,32). The number of aromatic nitrogens is 1. The second kappa shape index (κ2) is 8.13. The van der Waals surface area contributed by atoms with Crippen LogP contribution in [0.4, 0.5) is 19.3 Å². The normalized spacial score (nSPS) is 15.0. The van der Waals surface area contributed by atoms with E-state index in [2.05, 4.69) is 9.88 Å². The Morgan fingerprint density at radius 2 is 1.75 bits per heavy atom. The number of carbonyl (C=O) groups excluding carboxylic acids is 1. The van der Waals surface area contributed by atoms with Crippen LogP contribution in [0.1, 0.15) is 22.9 Å². The molecule has 0 radical (unpaired) electrons. The number of halogens is 3. The predicted octanol–water partition coefficient (Wildman–Crippen LogP) is 6.55. The van der Waals surface area contributed by atoms with Crippen LogP contribution in [0.3, 0.4) is 0 Å². The van der Waals surface area contributed by atoms with E-state index in [0.29, 0.717) is 11.6 Å². The molecule has 2 heterocycles. The van der Waals surface area contributed by atoms with Gasteiger partial charge in [0.15, 0.2) is 0 Å². The summed E-state index contributed by atoms with van der Waals surface area (Å²) in [5.74, 6) is -1.54. The van der Waals surface area contributed by atoms with Crippen molar-refractivity contribution in [3.63, 3.8) is 0 Å². The number of para-hydroxylation sites is 1. The summed E-state index contributed by atoms with van der Waals surface area (Å²) in [5, 5.41) is 3.20. The van der Waals surface area contributed by atoms with E-state index in [9.17, 15) is 13.6 Å². The summed E-state index contributed by atoms with van der Waals surface area (Å²) in [6.07, 6.45) is 1.96. The van der Waals surface area contributed by atoms with Gasteiger partial charge in [-0.15, -0.1) is 0 Å². The molecule has 0 bridgehead atoms. The molecule has 160 valence electrons. The molecule has 0 saturated heterocycles. The van der Waals surface area contributed by atoms with Gasteiger partial charge >= 0.3 is 6.03 Å². The molecule has 32 heavy (non-hydrogen) atoms. The van der Waals surface area contributed by atoms with E-state index in [1.54, 1.807) is 17.0 Å². The molecule has 4 nitrogen and oxygen atoms in total. The molecule has 3 aromatic carbocycles. The third-order valence-corrected chi connectivity index (χ3v) is 5.84. The van der Waals surface area contributed by atoms with Gasteiger partial charge in [-0.25, -0.2) is 13.6 Å². The summed E-state index contributed by atoms with van der Waals surface area (Å²) in [6.45, 7) is 0.291. The summed E-state index contributed by atoms with van der Waals surface area (Å²) in [4.78, 5) is 15.1. The van der Waals surface area contributed by atoms with Crippen molar-refractivity contribution in [2.24, 2.45) is 0 Å². The highest BCUT2D eigenvalue weighted by Crippen LogP contribution is 2.37. The monoisotopic (exact) mass is 449 g/mol. The fraction of sp³-hybridized carbons (Fsp3) is 0.0800. The summed E-state index contributed by atoms with van der Waals surface area (Å²) >= 11 is 6.10. The molecule has 5 rings (SSSR count). The molecule has 0 fully saturated rings. The van der Waals surface area contributed by atoms with Crippen LogP contribution in [0.5, 0.6) is 0 Å². The van der Waals surface area contributed by atoms with E-state index in [-0.39, 0.29) is 5.69 Å². The first-order valence-electron chi connectivity index (χ1n) is 10.0. The molecular formula is C25H18ClF2N3O. The number of anilines is 1. The number of carbonyl (C=O) groups is 1. The van der Waals surface area contributed by atoms with E-state index in [4.69, 9.17) is 11.6 Å². The lowest BCUT2D eigenvalue weighted by atomic mass is 10.0. The van der Waals surface area contributed by atoms with Crippen LogP contribution in [0, 0.1) is 11.6 Å². The lowest BCUT2D eigenvalue weighted by molar-refractivity contribution is 0.194.